The van der Waals surface area contributed by atoms with Gasteiger partial charge >= 0.3 is 0 Å². The summed E-state index contributed by atoms with van der Waals surface area (Å²) in [7, 11) is 0. The molecular weight excluding hydrogens is 438 g/mol. The molecule has 1 saturated heterocycles. The number of benzene rings is 2. The predicted molar refractivity (Wildman–Crippen MR) is 134 cm³/mol. The Labute approximate surface area is 204 Å². The molecule has 4 heterocycles. The third-order valence-corrected chi connectivity index (χ3v) is 7.41. The molecule has 0 spiro atoms. The van der Waals surface area contributed by atoms with E-state index in [0.717, 1.165) is 42.4 Å². The van der Waals surface area contributed by atoms with E-state index >= 15 is 0 Å². The normalized spacial score (nSPS) is 19.8. The molecule has 2 aromatic heterocycles. The summed E-state index contributed by atoms with van der Waals surface area (Å²) in [6.45, 7) is 1.50. The van der Waals surface area contributed by atoms with E-state index in [1.54, 1.807) is 17.4 Å². The summed E-state index contributed by atoms with van der Waals surface area (Å²) in [4.78, 5) is 38.5. The van der Waals surface area contributed by atoms with Gasteiger partial charge in [-0.05, 0) is 36.5 Å². The van der Waals surface area contributed by atoms with Crippen LogP contribution in [0.2, 0.25) is 0 Å². The predicted octanol–water partition coefficient (Wildman–Crippen LogP) is 3.72. The monoisotopic (exact) mass is 467 g/mol. The molecule has 0 radical (unpaired) electrons. The molecule has 7 nitrogen and oxygen atoms in total. The number of aromatic nitrogens is 3. The number of imidazole rings is 1. The molecule has 2 atom stereocenters. The lowest BCUT2D eigenvalue weighted by molar-refractivity contribution is -0.160. The lowest BCUT2D eigenvalue weighted by atomic mass is 9.86. The zero-order valence-corrected chi connectivity index (χ0v) is 19.6. The first kappa shape index (κ1) is 21.6. The number of nitrogens with one attached hydrogen (secondary N) is 1. The molecule has 2 amide bonds. The van der Waals surface area contributed by atoms with Crippen molar-refractivity contribution in [3.8, 4) is 0 Å². The number of rotatable bonds is 7. The quantitative estimate of drug-likeness (QED) is 0.450. The van der Waals surface area contributed by atoms with Gasteiger partial charge in [-0.2, -0.15) is 0 Å². The maximum Gasteiger partial charge on any atom is 0.246 e. The van der Waals surface area contributed by atoms with Crippen molar-refractivity contribution in [2.75, 3.05) is 13.1 Å². The molecule has 0 aliphatic carbocycles. The molecule has 35 heavy (non-hydrogen) atoms. The van der Waals surface area contributed by atoms with Crippen LogP contribution in [0, 0.1) is 0 Å². The van der Waals surface area contributed by atoms with Gasteiger partial charge in [-0.25, -0.2) is 4.98 Å². The molecule has 2 aromatic carbocycles. The van der Waals surface area contributed by atoms with Crippen LogP contribution in [0.25, 0.3) is 10.9 Å². The topological polar surface area (TPSA) is 74.2 Å². The molecule has 0 unspecified atom stereocenters. The summed E-state index contributed by atoms with van der Waals surface area (Å²) < 4.78 is 2.00. The molecule has 7 heteroatoms. The van der Waals surface area contributed by atoms with E-state index in [0.29, 0.717) is 13.0 Å². The highest BCUT2D eigenvalue weighted by molar-refractivity contribution is 5.97. The number of H-pyrrole nitrogens is 1. The second-order valence-corrected chi connectivity index (χ2v) is 9.54. The van der Waals surface area contributed by atoms with E-state index in [1.807, 2.05) is 46.0 Å². The Morgan fingerprint density at radius 3 is 2.66 bits per heavy atom. The molecule has 4 aromatic rings. The Kier molecular flexibility index (Phi) is 5.60. The summed E-state index contributed by atoms with van der Waals surface area (Å²) in [5, 5.41) is 1.16. The summed E-state index contributed by atoms with van der Waals surface area (Å²) in [6.07, 6.45) is 8.43. The standard InChI is InChI=1S/C28H29N5O2/c34-26-18-32(15-6-14-31-16-13-29-19-31)28(35)25-17-22-21-9-4-5-10-23(21)30-27(22)24(33(25)26)12-11-20-7-2-1-3-8-20/h1-5,7-10,13,16,19,24-25,30H,6,11-12,14-15,17-18H2/t24-,25-/m0/s1. The van der Waals surface area contributed by atoms with Crippen LogP contribution in [0.3, 0.4) is 0 Å². The van der Waals surface area contributed by atoms with Crippen molar-refractivity contribution in [1.82, 2.24) is 24.3 Å². The molecular formula is C28H29N5O2. The van der Waals surface area contributed by atoms with Crippen LogP contribution in [0.15, 0.2) is 73.3 Å². The van der Waals surface area contributed by atoms with Gasteiger partial charge in [-0.3, -0.25) is 9.59 Å². The van der Waals surface area contributed by atoms with Crippen LogP contribution < -0.4 is 0 Å². The highest BCUT2D eigenvalue weighted by atomic mass is 16.2. The number of aryl methyl sites for hydroxylation is 2. The minimum Gasteiger partial charge on any atom is -0.356 e. The fourth-order valence-electron chi connectivity index (χ4n) is 5.74. The van der Waals surface area contributed by atoms with Crippen molar-refractivity contribution >= 4 is 22.7 Å². The molecule has 2 aliphatic heterocycles. The number of aromatic amines is 1. The number of carbonyl (C=O) groups excluding carboxylic acids is 2. The van der Waals surface area contributed by atoms with Gasteiger partial charge < -0.3 is 19.4 Å². The molecule has 178 valence electrons. The van der Waals surface area contributed by atoms with Crippen molar-refractivity contribution in [3.05, 3.63) is 90.1 Å². The van der Waals surface area contributed by atoms with E-state index in [1.165, 1.54) is 11.1 Å². The van der Waals surface area contributed by atoms with Crippen molar-refractivity contribution in [3.63, 3.8) is 0 Å². The molecule has 6 rings (SSSR count). The zero-order valence-electron chi connectivity index (χ0n) is 19.6. The van der Waals surface area contributed by atoms with Gasteiger partial charge in [0.05, 0.1) is 18.9 Å². The third kappa shape index (κ3) is 4.01. The highest BCUT2D eigenvalue weighted by Gasteiger charge is 2.47. The number of hydrogen-bond acceptors (Lipinski definition) is 3. The van der Waals surface area contributed by atoms with E-state index in [9.17, 15) is 9.59 Å². The Morgan fingerprint density at radius 2 is 1.83 bits per heavy atom. The lowest BCUT2D eigenvalue weighted by Crippen LogP contribution is -2.63. The SMILES string of the molecule is O=C1[C@@H]2Cc3c([nH]c4ccccc34)[C@H](CCc3ccccc3)N2C(=O)CN1CCCn1ccnc1. The molecule has 1 fully saturated rings. The van der Waals surface area contributed by atoms with Crippen molar-refractivity contribution in [2.45, 2.75) is 44.3 Å². The van der Waals surface area contributed by atoms with Gasteiger partial charge in [0.25, 0.3) is 0 Å². The number of hydrogen-bond donors (Lipinski definition) is 1. The maximum absolute atomic E-state index is 13.7. The Bertz CT molecular complexity index is 1340. The number of piperazine rings is 1. The number of amides is 2. The minimum atomic E-state index is -0.447. The summed E-state index contributed by atoms with van der Waals surface area (Å²) in [5.41, 5.74) is 4.58. The highest BCUT2D eigenvalue weighted by Crippen LogP contribution is 2.41. The van der Waals surface area contributed by atoms with Gasteiger partial charge in [0.15, 0.2) is 0 Å². The van der Waals surface area contributed by atoms with Gasteiger partial charge in [0.2, 0.25) is 11.8 Å². The average Bonchev–Trinajstić information content (AvgIpc) is 3.53. The van der Waals surface area contributed by atoms with E-state index in [2.05, 4.69) is 34.2 Å². The lowest BCUT2D eigenvalue weighted by Gasteiger charge is -2.47. The van der Waals surface area contributed by atoms with Crippen molar-refractivity contribution < 1.29 is 9.59 Å². The van der Waals surface area contributed by atoms with Gasteiger partial charge in [-0.1, -0.05) is 48.5 Å². The molecule has 0 saturated carbocycles. The van der Waals surface area contributed by atoms with Crippen molar-refractivity contribution in [1.29, 1.82) is 0 Å². The van der Waals surface area contributed by atoms with Gasteiger partial charge in [0, 0.05) is 48.5 Å². The largest absolute Gasteiger partial charge is 0.356 e. The fourth-order valence-corrected chi connectivity index (χ4v) is 5.74. The fraction of sp³-hybridized carbons (Fsp3) is 0.321. The first-order valence-corrected chi connectivity index (χ1v) is 12.4. The first-order chi connectivity index (χ1) is 17.2. The van der Waals surface area contributed by atoms with Crippen LogP contribution >= 0.6 is 0 Å². The number of fused-ring (bicyclic) bond motifs is 4. The van der Waals surface area contributed by atoms with Gasteiger partial charge in [0.1, 0.15) is 6.04 Å². The number of para-hydroxylation sites is 1. The first-order valence-electron chi connectivity index (χ1n) is 12.4. The Morgan fingerprint density at radius 1 is 1.00 bits per heavy atom. The minimum absolute atomic E-state index is 0.0413. The molecule has 0 bridgehead atoms. The van der Waals surface area contributed by atoms with Crippen LogP contribution in [-0.2, 0) is 29.0 Å². The van der Waals surface area contributed by atoms with Crippen LogP contribution in [0.4, 0.5) is 0 Å². The van der Waals surface area contributed by atoms with E-state index < -0.39 is 6.04 Å². The number of carbonyl (C=O) groups is 2. The van der Waals surface area contributed by atoms with Crippen LogP contribution in [0.1, 0.15) is 35.7 Å². The van der Waals surface area contributed by atoms with Crippen LogP contribution in [-0.4, -0.2) is 55.3 Å². The summed E-state index contributed by atoms with van der Waals surface area (Å²) >= 11 is 0. The molecule has 1 N–H and O–H groups in total. The number of nitrogens with zero attached hydrogens (tertiary/aromatic N) is 4. The average molecular weight is 468 g/mol. The maximum atomic E-state index is 13.7. The van der Waals surface area contributed by atoms with E-state index in [-0.39, 0.29) is 24.4 Å². The molecule has 2 aliphatic rings. The third-order valence-electron chi connectivity index (χ3n) is 7.41. The second-order valence-electron chi connectivity index (χ2n) is 9.54. The smallest absolute Gasteiger partial charge is 0.246 e. The van der Waals surface area contributed by atoms with Gasteiger partial charge in [-0.15, -0.1) is 0 Å². The zero-order chi connectivity index (χ0) is 23.8. The van der Waals surface area contributed by atoms with Crippen molar-refractivity contribution in [2.24, 2.45) is 0 Å². The summed E-state index contributed by atoms with van der Waals surface area (Å²) in [5.74, 6) is 0.107. The van der Waals surface area contributed by atoms with Crippen LogP contribution in [0.5, 0.6) is 0 Å². The van der Waals surface area contributed by atoms with E-state index in [4.69, 9.17) is 0 Å². The summed E-state index contributed by atoms with van der Waals surface area (Å²) in [6, 6.07) is 18.0. The second kappa shape index (κ2) is 9.06. The Balaban J connectivity index is 1.29. The Hall–Kier alpha value is -3.87.